The lowest BCUT2D eigenvalue weighted by Gasteiger charge is -2.14. The summed E-state index contributed by atoms with van der Waals surface area (Å²) in [4.78, 5) is 29.6. The van der Waals surface area contributed by atoms with E-state index in [0.29, 0.717) is 10.6 Å². The van der Waals surface area contributed by atoms with Crippen LogP contribution in [0.5, 0.6) is 0 Å². The quantitative estimate of drug-likeness (QED) is 0.449. The molecule has 2 aromatic heterocycles. The summed E-state index contributed by atoms with van der Waals surface area (Å²) in [5, 5.41) is 5.54. The molecule has 0 aliphatic carbocycles. The number of hydrogen-bond donors (Lipinski definition) is 2. The van der Waals surface area contributed by atoms with E-state index in [-0.39, 0.29) is 11.8 Å². The van der Waals surface area contributed by atoms with Crippen molar-refractivity contribution in [2.24, 2.45) is 0 Å². The number of para-hydroxylation sites is 2. The first-order chi connectivity index (χ1) is 14.0. The van der Waals surface area contributed by atoms with Gasteiger partial charge >= 0.3 is 0 Å². The Morgan fingerprint density at radius 3 is 2.55 bits per heavy atom. The highest BCUT2D eigenvalue weighted by Crippen LogP contribution is 2.22. The molecule has 146 valence electrons. The number of thiophene rings is 1. The molecule has 0 saturated carbocycles. The van der Waals surface area contributed by atoms with Crippen LogP contribution in [0.4, 0.5) is 5.69 Å². The third-order valence-electron chi connectivity index (χ3n) is 4.40. The number of hydrogen-bond acceptors (Lipinski definition) is 4. The molecule has 29 heavy (non-hydrogen) atoms. The van der Waals surface area contributed by atoms with Crippen molar-refractivity contribution in [3.8, 4) is 5.69 Å². The van der Waals surface area contributed by atoms with Gasteiger partial charge in [-0.15, -0.1) is 11.3 Å². The maximum Gasteiger partial charge on any atom is 0.262 e. The van der Waals surface area contributed by atoms with Gasteiger partial charge in [0.05, 0.1) is 19.7 Å². The normalized spacial score (nSPS) is 11.9. The Labute approximate surface area is 179 Å². The molecule has 2 aromatic carbocycles. The predicted octanol–water partition coefficient (Wildman–Crippen LogP) is 4.61. The Balaban J connectivity index is 1.41. The summed E-state index contributed by atoms with van der Waals surface area (Å²) in [7, 11) is 0. The highest BCUT2D eigenvalue weighted by atomic mass is 79.9. The van der Waals surface area contributed by atoms with Crippen LogP contribution in [0.15, 0.2) is 70.8 Å². The van der Waals surface area contributed by atoms with Crippen LogP contribution in [0.3, 0.4) is 0 Å². The van der Waals surface area contributed by atoms with Crippen molar-refractivity contribution in [2.45, 2.75) is 13.0 Å². The van der Waals surface area contributed by atoms with Gasteiger partial charge in [0.1, 0.15) is 12.4 Å². The molecule has 0 fully saturated rings. The summed E-state index contributed by atoms with van der Waals surface area (Å²) in [6.45, 7) is 1.65. The van der Waals surface area contributed by atoms with E-state index in [0.717, 1.165) is 20.5 Å². The lowest BCUT2D eigenvalue weighted by molar-refractivity contribution is -0.117. The van der Waals surface area contributed by atoms with Crippen LogP contribution in [-0.4, -0.2) is 27.4 Å². The number of benzene rings is 2. The summed E-state index contributed by atoms with van der Waals surface area (Å²) >= 11 is 4.65. The fraction of sp³-hybridized carbons (Fsp3) is 0.0952. The van der Waals surface area contributed by atoms with E-state index >= 15 is 0 Å². The maximum absolute atomic E-state index is 12.4. The topological polar surface area (TPSA) is 76.0 Å². The second-order valence-corrected chi connectivity index (χ2v) is 8.90. The molecule has 1 atom stereocenters. The van der Waals surface area contributed by atoms with Crippen LogP contribution in [0.25, 0.3) is 16.7 Å². The molecule has 0 unspecified atom stereocenters. The number of halogens is 1. The van der Waals surface area contributed by atoms with Gasteiger partial charge in [0.25, 0.3) is 5.91 Å². The first-order valence-electron chi connectivity index (χ1n) is 8.91. The van der Waals surface area contributed by atoms with E-state index in [1.807, 2.05) is 53.1 Å². The van der Waals surface area contributed by atoms with Gasteiger partial charge in [0.2, 0.25) is 5.91 Å². The molecule has 4 rings (SSSR count). The van der Waals surface area contributed by atoms with E-state index in [4.69, 9.17) is 0 Å². The van der Waals surface area contributed by atoms with Gasteiger partial charge in [-0.05, 0) is 71.4 Å². The third-order valence-corrected chi connectivity index (χ3v) is 6.03. The molecule has 6 nitrogen and oxygen atoms in total. The van der Waals surface area contributed by atoms with Crippen molar-refractivity contribution in [1.29, 1.82) is 0 Å². The Hall–Kier alpha value is -2.97. The molecule has 0 radical (unpaired) electrons. The zero-order valence-electron chi connectivity index (χ0n) is 15.4. The van der Waals surface area contributed by atoms with Crippen LogP contribution in [0, 0.1) is 0 Å². The molecular formula is C21H17BrN4O2S. The Kier molecular flexibility index (Phi) is 5.46. The number of amides is 2. The first kappa shape index (κ1) is 19.4. The van der Waals surface area contributed by atoms with Gasteiger partial charge in [-0.2, -0.15) is 0 Å². The van der Waals surface area contributed by atoms with Crippen molar-refractivity contribution >= 4 is 55.8 Å². The highest BCUT2D eigenvalue weighted by Gasteiger charge is 2.18. The van der Waals surface area contributed by atoms with E-state index < -0.39 is 6.04 Å². The van der Waals surface area contributed by atoms with Crippen LogP contribution in [0.1, 0.15) is 16.6 Å². The van der Waals surface area contributed by atoms with Crippen molar-refractivity contribution in [1.82, 2.24) is 14.9 Å². The van der Waals surface area contributed by atoms with Gasteiger partial charge in [-0.3, -0.25) is 14.2 Å². The zero-order chi connectivity index (χ0) is 20.4. The predicted molar refractivity (Wildman–Crippen MR) is 119 cm³/mol. The standard InChI is InChI=1S/C21H17BrN4O2S/c1-13(24-21(28)18-10-11-19(22)29-18)20(27)25-14-6-8-15(9-7-14)26-12-23-16-4-2-3-5-17(16)26/h2-13H,1H3,(H,24,28)(H,25,27)/t13-/m1/s1. The second-order valence-electron chi connectivity index (χ2n) is 6.44. The summed E-state index contributed by atoms with van der Waals surface area (Å²) in [6, 6.07) is 18.2. The second kappa shape index (κ2) is 8.18. The average molecular weight is 469 g/mol. The monoisotopic (exact) mass is 468 g/mol. The minimum absolute atomic E-state index is 0.273. The number of fused-ring (bicyclic) bond motifs is 1. The first-order valence-corrected chi connectivity index (χ1v) is 10.5. The number of nitrogens with zero attached hydrogens (tertiary/aromatic N) is 2. The van der Waals surface area contributed by atoms with Crippen molar-refractivity contribution < 1.29 is 9.59 Å². The van der Waals surface area contributed by atoms with Crippen LogP contribution in [0.2, 0.25) is 0 Å². The molecular weight excluding hydrogens is 452 g/mol. The molecule has 2 N–H and O–H groups in total. The number of carbonyl (C=O) groups excluding carboxylic acids is 2. The summed E-state index contributed by atoms with van der Waals surface area (Å²) in [6.07, 6.45) is 1.78. The minimum atomic E-state index is -0.666. The molecule has 2 amide bonds. The number of rotatable bonds is 5. The lowest BCUT2D eigenvalue weighted by Crippen LogP contribution is -2.41. The highest BCUT2D eigenvalue weighted by molar-refractivity contribution is 9.11. The molecule has 8 heteroatoms. The lowest BCUT2D eigenvalue weighted by atomic mass is 10.2. The fourth-order valence-electron chi connectivity index (χ4n) is 2.89. The van der Waals surface area contributed by atoms with E-state index in [2.05, 4.69) is 31.5 Å². The van der Waals surface area contributed by atoms with Crippen molar-refractivity contribution in [3.05, 3.63) is 75.7 Å². The van der Waals surface area contributed by atoms with Gasteiger partial charge in [0.15, 0.2) is 0 Å². The third kappa shape index (κ3) is 4.23. The largest absolute Gasteiger partial charge is 0.340 e. The molecule has 0 bridgehead atoms. The smallest absolute Gasteiger partial charge is 0.262 e. The summed E-state index contributed by atoms with van der Waals surface area (Å²) < 4.78 is 2.86. The SMILES string of the molecule is C[C@@H](NC(=O)c1ccc(Br)s1)C(=O)Nc1ccc(-n2cnc3ccccc32)cc1. The van der Waals surface area contributed by atoms with E-state index in [1.165, 1.54) is 11.3 Å². The number of aromatic nitrogens is 2. The van der Waals surface area contributed by atoms with Crippen molar-refractivity contribution in [2.75, 3.05) is 5.32 Å². The summed E-state index contributed by atoms with van der Waals surface area (Å²) in [5.74, 6) is -0.555. The number of imidazole rings is 1. The van der Waals surface area contributed by atoms with E-state index in [1.54, 1.807) is 25.4 Å². The molecule has 2 heterocycles. The van der Waals surface area contributed by atoms with E-state index in [9.17, 15) is 9.59 Å². The summed E-state index contributed by atoms with van der Waals surface area (Å²) in [5.41, 5.74) is 3.54. The molecule has 4 aromatic rings. The van der Waals surface area contributed by atoms with Crippen LogP contribution in [-0.2, 0) is 4.79 Å². The zero-order valence-corrected chi connectivity index (χ0v) is 17.8. The fourth-order valence-corrected chi connectivity index (χ4v) is 4.18. The Morgan fingerprint density at radius 2 is 1.83 bits per heavy atom. The molecule has 0 aliphatic heterocycles. The van der Waals surface area contributed by atoms with Gasteiger partial charge in [-0.1, -0.05) is 12.1 Å². The van der Waals surface area contributed by atoms with Gasteiger partial charge < -0.3 is 10.6 Å². The number of anilines is 1. The number of nitrogens with one attached hydrogen (secondary N) is 2. The Bertz CT molecular complexity index is 1180. The molecule has 0 aliphatic rings. The van der Waals surface area contributed by atoms with Crippen LogP contribution >= 0.6 is 27.3 Å². The van der Waals surface area contributed by atoms with Crippen LogP contribution < -0.4 is 10.6 Å². The van der Waals surface area contributed by atoms with Gasteiger partial charge in [0, 0.05) is 11.4 Å². The number of carbonyl (C=O) groups is 2. The maximum atomic E-state index is 12.4. The minimum Gasteiger partial charge on any atom is -0.340 e. The Morgan fingerprint density at radius 1 is 1.07 bits per heavy atom. The average Bonchev–Trinajstić information content (AvgIpc) is 3.35. The van der Waals surface area contributed by atoms with Crippen molar-refractivity contribution in [3.63, 3.8) is 0 Å². The van der Waals surface area contributed by atoms with Gasteiger partial charge in [-0.25, -0.2) is 4.98 Å². The molecule has 0 saturated heterocycles. The molecule has 0 spiro atoms.